The van der Waals surface area contributed by atoms with Gasteiger partial charge >= 0.3 is 0 Å². The van der Waals surface area contributed by atoms with Crippen LogP contribution in [0.2, 0.25) is 0 Å². The molecule has 0 saturated carbocycles. The first kappa shape index (κ1) is 29.6. The predicted octanol–water partition coefficient (Wildman–Crippen LogP) is 13.1. The Morgan fingerprint density at radius 3 is 1.69 bits per heavy atom. The minimum Gasteiger partial charge on any atom is -0.309 e. The van der Waals surface area contributed by atoms with Gasteiger partial charge in [0.05, 0.1) is 11.0 Å². The Hall–Kier alpha value is -6.95. The van der Waals surface area contributed by atoms with Gasteiger partial charge in [-0.2, -0.15) is 0 Å². The van der Waals surface area contributed by atoms with Crippen LogP contribution in [0.4, 0.5) is 0 Å². The molecule has 0 unspecified atom stereocenters. The van der Waals surface area contributed by atoms with Crippen molar-refractivity contribution in [2.75, 3.05) is 0 Å². The highest BCUT2D eigenvalue weighted by molar-refractivity contribution is 7.25. The zero-order valence-electron chi connectivity index (χ0n) is 28.9. The summed E-state index contributed by atoms with van der Waals surface area (Å²) in [7, 11) is 0. The van der Waals surface area contributed by atoms with Crippen LogP contribution < -0.4 is 0 Å². The van der Waals surface area contributed by atoms with Gasteiger partial charge < -0.3 is 4.57 Å². The number of nitrogens with zero attached hydrogens (tertiary/aromatic N) is 4. The molecule has 1 aliphatic carbocycles. The highest BCUT2D eigenvalue weighted by atomic mass is 32.1. The average Bonchev–Trinajstić information content (AvgIpc) is 3.75. The lowest BCUT2D eigenvalue weighted by Crippen LogP contribution is -2.00. The summed E-state index contributed by atoms with van der Waals surface area (Å²) in [6.07, 6.45) is 0. The normalized spacial score (nSPS) is 12.1. The van der Waals surface area contributed by atoms with E-state index in [0.717, 1.165) is 22.4 Å². The summed E-state index contributed by atoms with van der Waals surface area (Å²) >= 11 is 1.88. The lowest BCUT2D eigenvalue weighted by molar-refractivity contribution is 1.07. The predicted molar refractivity (Wildman–Crippen MR) is 225 cm³/mol. The molecular weight excluding hydrogens is 677 g/mol. The summed E-state index contributed by atoms with van der Waals surface area (Å²) in [5, 5.41) is 7.82. The van der Waals surface area contributed by atoms with E-state index in [9.17, 15) is 0 Å². The molecule has 5 heteroatoms. The zero-order valence-corrected chi connectivity index (χ0v) is 29.7. The van der Waals surface area contributed by atoms with Crippen molar-refractivity contribution in [1.29, 1.82) is 0 Å². The minimum absolute atomic E-state index is 0.646. The molecule has 8 aromatic carbocycles. The molecule has 1 aliphatic rings. The molecule has 0 amide bonds. The molecule has 0 saturated heterocycles. The van der Waals surface area contributed by atoms with Crippen molar-refractivity contribution in [2.45, 2.75) is 0 Å². The van der Waals surface area contributed by atoms with Gasteiger partial charge in [0.25, 0.3) is 0 Å². The molecule has 4 nitrogen and oxygen atoms in total. The number of hydrogen-bond donors (Lipinski definition) is 0. The quantitative estimate of drug-likeness (QED) is 0.183. The summed E-state index contributed by atoms with van der Waals surface area (Å²) in [5.74, 6) is 1.96. The number of aromatic nitrogens is 4. The Morgan fingerprint density at radius 1 is 0.370 bits per heavy atom. The fraction of sp³-hybridized carbons (Fsp3) is 0. The summed E-state index contributed by atoms with van der Waals surface area (Å²) < 4.78 is 5.07. The van der Waals surface area contributed by atoms with Crippen molar-refractivity contribution < 1.29 is 0 Å². The first-order valence-corrected chi connectivity index (χ1v) is 19.0. The molecular formula is C49H28N4S. The number of fused-ring (bicyclic) bond motifs is 6. The second-order valence-corrected chi connectivity index (χ2v) is 15.1. The van der Waals surface area contributed by atoms with Crippen molar-refractivity contribution in [1.82, 2.24) is 19.5 Å². The van der Waals surface area contributed by atoms with Gasteiger partial charge in [-0.3, -0.25) is 0 Å². The second kappa shape index (κ2) is 11.3. The Balaban J connectivity index is 1.07. The summed E-state index contributed by atoms with van der Waals surface area (Å²) in [6, 6.07) is 60.8. The van der Waals surface area contributed by atoms with Gasteiger partial charge in [-0.25, -0.2) is 15.0 Å². The molecule has 0 N–H and O–H groups in total. The zero-order chi connectivity index (χ0) is 35.3. The van der Waals surface area contributed by atoms with Gasteiger partial charge in [0.2, 0.25) is 0 Å². The first-order valence-electron chi connectivity index (χ1n) is 18.2. The summed E-state index contributed by atoms with van der Waals surface area (Å²) in [6.45, 7) is 0. The van der Waals surface area contributed by atoms with Gasteiger partial charge in [0, 0.05) is 53.3 Å². The molecule has 11 aromatic rings. The van der Waals surface area contributed by atoms with E-state index in [2.05, 4.69) is 114 Å². The number of rotatable bonds is 4. The smallest absolute Gasteiger partial charge is 0.164 e. The van der Waals surface area contributed by atoms with Crippen LogP contribution in [-0.2, 0) is 0 Å². The fourth-order valence-electron chi connectivity index (χ4n) is 8.57. The van der Waals surface area contributed by atoms with Crippen LogP contribution >= 0.6 is 11.3 Å². The molecule has 0 atom stereocenters. The standard InChI is InChI=1S/C49H28N4S/c1-3-11-30(12-4-1)47-50-48(31-13-5-2-6-14-31)52-49(51-47)32-21-24-33(25-22-32)53-40-19-10-18-36-38-28-43-39(34-16-7-8-20-42(34)54-43)27-37(38)35-17-9-15-29-23-26-41(53)46(44(29)35)45(36)40/h1-28H. The third kappa shape index (κ3) is 4.27. The maximum Gasteiger partial charge on any atom is 0.164 e. The first-order chi connectivity index (χ1) is 26.8. The highest BCUT2D eigenvalue weighted by Gasteiger charge is 2.26. The van der Waals surface area contributed by atoms with Crippen LogP contribution in [0.25, 0.3) is 115 Å². The molecule has 0 spiro atoms. The van der Waals surface area contributed by atoms with E-state index in [1.807, 2.05) is 72.0 Å². The highest BCUT2D eigenvalue weighted by Crippen LogP contribution is 2.51. The van der Waals surface area contributed by atoms with Crippen LogP contribution in [0.15, 0.2) is 170 Å². The average molecular weight is 705 g/mol. The number of benzene rings is 8. The number of thiophene rings is 1. The van der Waals surface area contributed by atoms with E-state index in [1.165, 1.54) is 75.0 Å². The van der Waals surface area contributed by atoms with Gasteiger partial charge in [0.1, 0.15) is 0 Å². The third-order valence-electron chi connectivity index (χ3n) is 11.0. The molecule has 3 aromatic heterocycles. The maximum atomic E-state index is 4.98. The monoisotopic (exact) mass is 704 g/mol. The van der Waals surface area contributed by atoms with E-state index >= 15 is 0 Å². The van der Waals surface area contributed by atoms with Crippen LogP contribution in [-0.4, -0.2) is 19.5 Å². The van der Waals surface area contributed by atoms with Crippen LogP contribution in [0.3, 0.4) is 0 Å². The van der Waals surface area contributed by atoms with Crippen LogP contribution in [0.5, 0.6) is 0 Å². The van der Waals surface area contributed by atoms with Crippen molar-refractivity contribution in [2.24, 2.45) is 0 Å². The Kier molecular flexibility index (Phi) is 6.18. The Bertz CT molecular complexity index is 3250. The van der Waals surface area contributed by atoms with E-state index in [1.54, 1.807) is 0 Å². The molecule has 0 aliphatic heterocycles. The summed E-state index contributed by atoms with van der Waals surface area (Å²) in [4.78, 5) is 14.9. The van der Waals surface area contributed by atoms with Crippen LogP contribution in [0, 0.1) is 0 Å². The summed E-state index contributed by atoms with van der Waals surface area (Å²) in [5.41, 5.74) is 11.5. The Labute approximate surface area is 314 Å². The molecule has 3 heterocycles. The second-order valence-electron chi connectivity index (χ2n) is 14.0. The molecule has 0 fully saturated rings. The molecule has 0 bridgehead atoms. The fourth-order valence-corrected chi connectivity index (χ4v) is 9.70. The van der Waals surface area contributed by atoms with Crippen molar-refractivity contribution in [3.63, 3.8) is 0 Å². The van der Waals surface area contributed by atoms with Gasteiger partial charge in [-0.15, -0.1) is 11.3 Å². The molecule has 12 rings (SSSR count). The van der Waals surface area contributed by atoms with Gasteiger partial charge in [-0.1, -0.05) is 115 Å². The van der Waals surface area contributed by atoms with E-state index in [4.69, 9.17) is 15.0 Å². The SMILES string of the molecule is c1ccc(-c2nc(-c3ccccc3)nc(-c3ccc(-n4c5cccc6c5c5c7c(cccc7ccc54)-c4cc5c(cc4-6)sc4ccccc45)cc3)n2)cc1. The topological polar surface area (TPSA) is 43.6 Å². The van der Waals surface area contributed by atoms with Crippen molar-refractivity contribution in [3.05, 3.63) is 170 Å². The number of hydrogen-bond acceptors (Lipinski definition) is 4. The van der Waals surface area contributed by atoms with E-state index in [-0.39, 0.29) is 0 Å². The van der Waals surface area contributed by atoms with Crippen molar-refractivity contribution >= 4 is 64.1 Å². The van der Waals surface area contributed by atoms with Gasteiger partial charge in [0.15, 0.2) is 17.5 Å². The van der Waals surface area contributed by atoms with Gasteiger partial charge in [-0.05, 0) is 87.6 Å². The lowest BCUT2D eigenvalue weighted by atomic mass is 9.92. The Morgan fingerprint density at radius 2 is 0.963 bits per heavy atom. The van der Waals surface area contributed by atoms with Crippen molar-refractivity contribution in [3.8, 4) is 62.1 Å². The largest absolute Gasteiger partial charge is 0.309 e. The molecule has 54 heavy (non-hydrogen) atoms. The molecule has 250 valence electrons. The van der Waals surface area contributed by atoms with Crippen LogP contribution in [0.1, 0.15) is 0 Å². The van der Waals surface area contributed by atoms with E-state index < -0.39 is 0 Å². The minimum atomic E-state index is 0.646. The van der Waals surface area contributed by atoms with E-state index in [0.29, 0.717) is 17.5 Å². The lowest BCUT2D eigenvalue weighted by Gasteiger charge is -2.14. The third-order valence-corrected chi connectivity index (χ3v) is 12.1. The maximum absolute atomic E-state index is 4.98. The molecule has 0 radical (unpaired) electrons.